The Morgan fingerprint density at radius 2 is 1.63 bits per heavy atom. The van der Waals surface area contributed by atoms with Crippen molar-refractivity contribution in [2.75, 3.05) is 38.3 Å². The molecule has 1 fully saturated rings. The molecule has 0 N–H and O–H groups in total. The summed E-state index contributed by atoms with van der Waals surface area (Å²) < 4.78 is 5.56. The number of morpholine rings is 1. The van der Waals surface area contributed by atoms with Gasteiger partial charge in [-0.25, -0.2) is 0 Å². The summed E-state index contributed by atoms with van der Waals surface area (Å²) in [6.07, 6.45) is 5.05. The molecule has 0 bridgehead atoms. The molecule has 0 saturated carbocycles. The molecular formula is C30H32N2O3. The first-order valence-corrected chi connectivity index (χ1v) is 12.3. The maximum atomic E-state index is 13.6. The second-order valence-electron chi connectivity index (χ2n) is 9.93. The van der Waals surface area contributed by atoms with Crippen LogP contribution in [0.1, 0.15) is 37.8 Å². The van der Waals surface area contributed by atoms with E-state index in [1.807, 2.05) is 42.3 Å². The van der Waals surface area contributed by atoms with Gasteiger partial charge in [0.05, 0.1) is 13.2 Å². The van der Waals surface area contributed by atoms with Gasteiger partial charge in [-0.2, -0.15) is 0 Å². The van der Waals surface area contributed by atoms with Crippen molar-refractivity contribution in [3.63, 3.8) is 0 Å². The number of Topliss-reactive ketones (excluding diaryl/α,β-unsaturated/α-hetero) is 1. The van der Waals surface area contributed by atoms with Crippen LogP contribution in [0.5, 0.6) is 0 Å². The van der Waals surface area contributed by atoms with Crippen molar-refractivity contribution in [1.29, 1.82) is 0 Å². The van der Waals surface area contributed by atoms with Gasteiger partial charge in [0.25, 0.3) is 0 Å². The van der Waals surface area contributed by atoms with Gasteiger partial charge in [-0.05, 0) is 41.7 Å². The third-order valence-corrected chi connectivity index (χ3v) is 7.41. The monoisotopic (exact) mass is 468 g/mol. The Balaban J connectivity index is 1.50. The van der Waals surface area contributed by atoms with Crippen molar-refractivity contribution in [1.82, 2.24) is 4.90 Å². The Hall–Kier alpha value is -3.44. The lowest BCUT2D eigenvalue weighted by molar-refractivity contribution is -0.131. The zero-order chi connectivity index (χ0) is 24.6. The molecule has 2 aromatic carbocycles. The second kappa shape index (κ2) is 9.31. The molecule has 3 aliphatic rings. The maximum absolute atomic E-state index is 13.6. The minimum Gasteiger partial charge on any atom is -0.378 e. The molecule has 5 nitrogen and oxygen atoms in total. The van der Waals surface area contributed by atoms with Crippen LogP contribution >= 0.6 is 0 Å². The molecule has 0 unspecified atom stereocenters. The van der Waals surface area contributed by atoms with Crippen molar-refractivity contribution in [3.05, 3.63) is 94.3 Å². The van der Waals surface area contributed by atoms with Gasteiger partial charge in [-0.3, -0.25) is 9.59 Å². The summed E-state index contributed by atoms with van der Waals surface area (Å²) in [6, 6.07) is 18.3. The molecule has 0 amide bonds. The van der Waals surface area contributed by atoms with E-state index in [2.05, 4.69) is 49.1 Å². The number of carbonyl (C=O) groups excluding carboxylic acids is 2. The van der Waals surface area contributed by atoms with Crippen molar-refractivity contribution in [3.8, 4) is 0 Å². The Labute approximate surface area is 207 Å². The van der Waals surface area contributed by atoms with Crippen LogP contribution in [-0.2, 0) is 19.7 Å². The summed E-state index contributed by atoms with van der Waals surface area (Å²) in [5.74, 6) is -0.843. The molecule has 0 atom stereocenters. The number of para-hydroxylation sites is 1. The third-order valence-electron chi connectivity index (χ3n) is 7.41. The Kier molecular flexibility index (Phi) is 6.20. The first kappa shape index (κ1) is 23.3. The number of anilines is 1. The van der Waals surface area contributed by atoms with Crippen molar-refractivity contribution in [2.24, 2.45) is 0 Å². The summed E-state index contributed by atoms with van der Waals surface area (Å²) in [5, 5.41) is 0. The third kappa shape index (κ3) is 4.25. The predicted octanol–water partition coefficient (Wildman–Crippen LogP) is 4.90. The second-order valence-corrected chi connectivity index (χ2v) is 9.93. The van der Waals surface area contributed by atoms with E-state index in [9.17, 15) is 9.59 Å². The fourth-order valence-corrected chi connectivity index (χ4v) is 5.58. The van der Waals surface area contributed by atoms with Crippen molar-refractivity contribution >= 4 is 23.3 Å². The van der Waals surface area contributed by atoms with Crippen LogP contribution in [0.3, 0.4) is 0 Å². The van der Waals surface area contributed by atoms with Crippen LogP contribution in [0, 0.1) is 0 Å². The van der Waals surface area contributed by atoms with Crippen molar-refractivity contribution in [2.45, 2.75) is 32.1 Å². The van der Waals surface area contributed by atoms with Crippen LogP contribution in [0.15, 0.2) is 83.2 Å². The summed E-state index contributed by atoms with van der Waals surface area (Å²) in [6.45, 7) is 6.90. The van der Waals surface area contributed by atoms with Crippen molar-refractivity contribution < 1.29 is 14.3 Å². The highest BCUT2D eigenvalue weighted by molar-refractivity contribution is 6.47. The topological polar surface area (TPSA) is 49.9 Å². The summed E-state index contributed by atoms with van der Waals surface area (Å²) >= 11 is 0. The fourth-order valence-electron chi connectivity index (χ4n) is 5.58. The number of fused-ring (bicyclic) bond motifs is 1. The molecule has 5 rings (SSSR count). The van der Waals surface area contributed by atoms with Gasteiger partial charge in [0.1, 0.15) is 0 Å². The Bertz CT molecular complexity index is 1250. The van der Waals surface area contributed by atoms with Gasteiger partial charge in [0.2, 0.25) is 11.6 Å². The quantitative estimate of drug-likeness (QED) is 0.462. The average molecular weight is 469 g/mol. The summed E-state index contributed by atoms with van der Waals surface area (Å²) in [5.41, 5.74) is 6.51. The average Bonchev–Trinajstić information content (AvgIpc) is 3.37. The number of benzene rings is 2. The summed E-state index contributed by atoms with van der Waals surface area (Å²) in [7, 11) is 1.96. The van der Waals surface area contributed by atoms with Crippen LogP contribution in [0.2, 0.25) is 0 Å². The number of rotatable bonds is 5. The molecule has 180 valence electrons. The van der Waals surface area contributed by atoms with Gasteiger partial charge in [-0.1, -0.05) is 62.4 Å². The van der Waals surface area contributed by atoms with Crippen LogP contribution in [0.25, 0.3) is 6.08 Å². The van der Waals surface area contributed by atoms with Gasteiger partial charge in [0.15, 0.2) is 0 Å². The maximum Gasteiger partial charge on any atom is 0.231 e. The number of ether oxygens (including phenoxy) is 1. The van der Waals surface area contributed by atoms with E-state index in [0.29, 0.717) is 25.2 Å². The number of allylic oxidation sites excluding steroid dienone is 4. The van der Waals surface area contributed by atoms with Crippen LogP contribution in [0.4, 0.5) is 5.69 Å². The number of carbonyl (C=O) groups is 2. The molecule has 2 aromatic rings. The zero-order valence-electron chi connectivity index (χ0n) is 20.7. The first-order chi connectivity index (χ1) is 16.9. The molecule has 0 spiro atoms. The molecule has 2 aliphatic heterocycles. The van der Waals surface area contributed by atoms with Gasteiger partial charge < -0.3 is 14.5 Å². The van der Waals surface area contributed by atoms with Crippen LogP contribution in [-0.4, -0.2) is 49.8 Å². The van der Waals surface area contributed by atoms with Gasteiger partial charge >= 0.3 is 0 Å². The lowest BCUT2D eigenvalue weighted by Gasteiger charge is -2.31. The number of likely N-dealkylation sites (N-methyl/N-ethyl adjacent to an activating group) is 1. The molecule has 1 aliphatic carbocycles. The highest BCUT2D eigenvalue weighted by atomic mass is 16.5. The highest BCUT2D eigenvalue weighted by Crippen LogP contribution is 2.46. The Morgan fingerprint density at radius 1 is 0.943 bits per heavy atom. The van der Waals surface area contributed by atoms with E-state index in [1.54, 1.807) is 6.08 Å². The normalized spacial score (nSPS) is 21.7. The van der Waals surface area contributed by atoms with E-state index in [1.165, 1.54) is 0 Å². The van der Waals surface area contributed by atoms with E-state index in [4.69, 9.17) is 4.74 Å². The van der Waals surface area contributed by atoms with E-state index >= 15 is 0 Å². The minimum absolute atomic E-state index is 0.350. The minimum atomic E-state index is -0.450. The van der Waals surface area contributed by atoms with E-state index in [-0.39, 0.29) is 5.41 Å². The van der Waals surface area contributed by atoms with Gasteiger partial charge in [-0.15, -0.1) is 0 Å². The van der Waals surface area contributed by atoms with E-state index < -0.39 is 11.6 Å². The lowest BCUT2D eigenvalue weighted by Crippen LogP contribution is -2.36. The molecule has 35 heavy (non-hydrogen) atoms. The molecule has 1 saturated heterocycles. The summed E-state index contributed by atoms with van der Waals surface area (Å²) in [4.78, 5) is 31.3. The van der Waals surface area contributed by atoms with Crippen LogP contribution < -0.4 is 4.90 Å². The molecule has 5 heteroatoms. The molecule has 0 aromatic heterocycles. The number of nitrogens with zero attached hydrogens (tertiary/aromatic N) is 2. The molecule has 2 heterocycles. The number of hydrogen-bond donors (Lipinski definition) is 0. The molecular weight excluding hydrogens is 436 g/mol. The first-order valence-electron chi connectivity index (χ1n) is 12.3. The largest absolute Gasteiger partial charge is 0.378 e. The van der Waals surface area contributed by atoms with E-state index in [0.717, 1.165) is 53.3 Å². The molecule has 0 radical (unpaired) electrons. The number of ketones is 2. The standard InChI is InChI=1S/C30H32N2O3/c1-30(2)24-11-7-8-12-25(24)31(3)27(30)20-26(33)29(34)23-14-13-22(19-21-9-5-4-6-10-21)28(23)32-15-17-35-18-16-32/h4-12,19-20H,13-18H2,1-3H3. The fraction of sp³-hybridized carbons (Fsp3) is 0.333. The SMILES string of the molecule is CN1C(=CC(=O)C(=O)C2=C(N3CCOCC3)C(=Cc3ccccc3)CC2)C(C)(C)c2ccccc21. The predicted molar refractivity (Wildman–Crippen MR) is 139 cm³/mol. The zero-order valence-corrected chi connectivity index (χ0v) is 20.7. The highest BCUT2D eigenvalue weighted by Gasteiger charge is 2.40. The smallest absolute Gasteiger partial charge is 0.231 e. The Morgan fingerprint density at radius 3 is 2.34 bits per heavy atom. The lowest BCUT2D eigenvalue weighted by atomic mass is 9.83. The number of hydrogen-bond acceptors (Lipinski definition) is 5. The van der Waals surface area contributed by atoms with Gasteiger partial charge in [0, 0.05) is 54.3 Å².